The van der Waals surface area contributed by atoms with E-state index in [-0.39, 0.29) is 5.91 Å². The molecule has 2 rings (SSSR count). The number of rotatable bonds is 5. The fraction of sp³-hybridized carbons (Fsp3) is 0.333. The van der Waals surface area contributed by atoms with Crippen LogP contribution in [-0.2, 0) is 0 Å². The molecule has 0 aliphatic carbocycles. The summed E-state index contributed by atoms with van der Waals surface area (Å²) in [7, 11) is 0. The van der Waals surface area contributed by atoms with Gasteiger partial charge >= 0.3 is 0 Å². The molecule has 3 N–H and O–H groups in total. The van der Waals surface area contributed by atoms with Gasteiger partial charge in [0.15, 0.2) is 6.04 Å². The Morgan fingerprint density at radius 2 is 2.18 bits per heavy atom. The van der Waals surface area contributed by atoms with Crippen LogP contribution in [0.2, 0.25) is 0 Å². The Morgan fingerprint density at radius 3 is 2.71 bits per heavy atom. The summed E-state index contributed by atoms with van der Waals surface area (Å²) in [6.45, 7) is 3.79. The molecule has 0 fully saturated rings. The quantitative estimate of drug-likeness (QED) is 0.330. The van der Waals surface area contributed by atoms with Gasteiger partial charge in [0.05, 0.1) is 0 Å². The zero-order valence-electron chi connectivity index (χ0n) is 9.72. The van der Waals surface area contributed by atoms with Crippen molar-refractivity contribution in [1.82, 2.24) is 5.43 Å². The molecule has 1 aliphatic heterocycles. The maximum atomic E-state index is 11.2. The number of hydrogen-bond donors (Lipinski definition) is 2. The molecule has 5 nitrogen and oxygen atoms in total. The van der Waals surface area contributed by atoms with Crippen molar-refractivity contribution in [2.75, 3.05) is 13.2 Å². The molecule has 1 atom stereocenters. The molecular weight excluding hydrogens is 218 g/mol. The lowest BCUT2D eigenvalue weighted by Crippen LogP contribution is -2.29. The number of carbonyl (C=O) groups is 1. The normalized spacial score (nSPS) is 14.8. The van der Waals surface area contributed by atoms with Crippen LogP contribution in [0.15, 0.2) is 24.3 Å². The van der Waals surface area contributed by atoms with E-state index in [0.29, 0.717) is 18.2 Å². The highest BCUT2D eigenvalue weighted by atomic mass is 16.5. The monoisotopic (exact) mass is 234 g/mol. The number of hydrogen-bond acceptors (Lipinski definition) is 3. The summed E-state index contributed by atoms with van der Waals surface area (Å²) in [6.07, 6.45) is 2.13. The van der Waals surface area contributed by atoms with E-state index in [2.05, 4.69) is 23.1 Å². The zero-order valence-corrected chi connectivity index (χ0v) is 9.72. The van der Waals surface area contributed by atoms with E-state index in [0.717, 1.165) is 12.3 Å². The highest BCUT2D eigenvalue weighted by molar-refractivity contribution is 5.93. The van der Waals surface area contributed by atoms with Gasteiger partial charge in [0.2, 0.25) is 12.8 Å². The van der Waals surface area contributed by atoms with E-state index in [9.17, 15) is 4.79 Å². The minimum absolute atomic E-state index is 0.302. The van der Waals surface area contributed by atoms with Crippen LogP contribution >= 0.6 is 0 Å². The molecule has 0 radical (unpaired) electrons. The van der Waals surface area contributed by atoms with Crippen molar-refractivity contribution < 1.29 is 14.1 Å². The standard InChI is InChI=1S/C12H15N3O2/c1-9(15-6-7-15)8-17-11-4-2-10(3-5-11)12(16)14-13/h2-6,9H,7-8,13H2,1H3/p+1. The predicted molar refractivity (Wildman–Crippen MR) is 64.2 cm³/mol. The predicted octanol–water partition coefficient (Wildman–Crippen LogP) is 0.154. The van der Waals surface area contributed by atoms with Crippen molar-refractivity contribution in [3.05, 3.63) is 29.8 Å². The second-order valence-corrected chi connectivity index (χ2v) is 4.04. The smallest absolute Gasteiger partial charge is 0.265 e. The molecule has 0 aromatic heterocycles. The van der Waals surface area contributed by atoms with Crippen LogP contribution in [0.4, 0.5) is 0 Å². The lowest BCUT2D eigenvalue weighted by molar-refractivity contribution is -0.482. The fourth-order valence-electron chi connectivity index (χ4n) is 1.51. The van der Waals surface area contributed by atoms with Gasteiger partial charge in [-0.05, 0) is 24.3 Å². The number of nitrogens with zero attached hydrogens (tertiary/aromatic N) is 1. The van der Waals surface area contributed by atoms with Gasteiger partial charge in [-0.1, -0.05) is 0 Å². The van der Waals surface area contributed by atoms with Crippen molar-refractivity contribution in [3.8, 4) is 5.75 Å². The fourth-order valence-corrected chi connectivity index (χ4v) is 1.51. The summed E-state index contributed by atoms with van der Waals surface area (Å²) in [4.78, 5) is 11.2. The van der Waals surface area contributed by atoms with E-state index in [1.54, 1.807) is 24.3 Å². The van der Waals surface area contributed by atoms with Crippen LogP contribution in [0.25, 0.3) is 0 Å². The third-order valence-electron chi connectivity index (χ3n) is 2.70. The summed E-state index contributed by atoms with van der Waals surface area (Å²) in [5.74, 6) is 5.50. The van der Waals surface area contributed by atoms with Crippen molar-refractivity contribution in [1.29, 1.82) is 0 Å². The first-order valence-corrected chi connectivity index (χ1v) is 5.53. The Bertz CT molecular complexity index is 440. The van der Waals surface area contributed by atoms with Gasteiger partial charge in [-0.3, -0.25) is 10.2 Å². The lowest BCUT2D eigenvalue weighted by atomic mass is 10.2. The average molecular weight is 234 g/mol. The number of nitrogens with one attached hydrogen (secondary N) is 1. The number of nitrogens with two attached hydrogens (primary N) is 1. The Hall–Kier alpha value is -1.88. The molecule has 90 valence electrons. The molecule has 1 unspecified atom stereocenters. The first-order valence-electron chi connectivity index (χ1n) is 5.53. The summed E-state index contributed by atoms with van der Waals surface area (Å²) < 4.78 is 7.82. The van der Waals surface area contributed by atoms with Gasteiger partial charge in [-0.25, -0.2) is 10.4 Å². The minimum Gasteiger partial charge on any atom is -0.487 e. The van der Waals surface area contributed by atoms with Crippen LogP contribution in [0.5, 0.6) is 5.75 Å². The van der Waals surface area contributed by atoms with E-state index < -0.39 is 0 Å². The Balaban J connectivity index is 1.89. The maximum absolute atomic E-state index is 11.2. The van der Waals surface area contributed by atoms with Crippen LogP contribution < -0.4 is 16.0 Å². The molecule has 1 aliphatic rings. The van der Waals surface area contributed by atoms with Crippen LogP contribution in [0, 0.1) is 0 Å². The van der Waals surface area contributed by atoms with Crippen molar-refractivity contribution in [2.24, 2.45) is 5.84 Å². The number of amides is 1. The summed E-state index contributed by atoms with van der Waals surface area (Å²) >= 11 is 0. The highest BCUT2D eigenvalue weighted by Gasteiger charge is 2.24. The number of ether oxygens (including phenoxy) is 1. The van der Waals surface area contributed by atoms with Gasteiger partial charge in [-0.15, -0.1) is 0 Å². The molecule has 0 saturated heterocycles. The second kappa shape index (κ2) is 4.97. The molecule has 0 saturated carbocycles. The van der Waals surface area contributed by atoms with Gasteiger partial charge in [0.25, 0.3) is 5.91 Å². The SMILES string of the molecule is CC(COc1ccc(C(=O)NN)cc1)[N+]1=CC1. The Kier molecular flexibility index (Phi) is 3.39. The second-order valence-electron chi connectivity index (χ2n) is 4.04. The van der Waals surface area contributed by atoms with Gasteiger partial charge < -0.3 is 4.74 Å². The first-order chi connectivity index (χ1) is 8.20. The largest absolute Gasteiger partial charge is 0.487 e. The number of nitrogen functional groups attached to an aromatic ring is 1. The molecule has 5 heteroatoms. The third kappa shape index (κ3) is 3.04. The van der Waals surface area contributed by atoms with E-state index in [4.69, 9.17) is 10.6 Å². The van der Waals surface area contributed by atoms with E-state index in [1.165, 1.54) is 0 Å². The van der Waals surface area contributed by atoms with Crippen molar-refractivity contribution in [3.63, 3.8) is 0 Å². The summed E-state index contributed by atoms with van der Waals surface area (Å²) in [5, 5.41) is 0. The molecule has 1 amide bonds. The minimum atomic E-state index is -0.302. The van der Waals surface area contributed by atoms with Gasteiger partial charge in [-0.2, -0.15) is 0 Å². The highest BCUT2D eigenvalue weighted by Crippen LogP contribution is 2.13. The molecule has 1 aromatic carbocycles. The Morgan fingerprint density at radius 1 is 1.53 bits per heavy atom. The molecular formula is C12H16N3O2+. The van der Waals surface area contributed by atoms with Crippen LogP contribution in [0.3, 0.4) is 0 Å². The number of carbonyl (C=O) groups excluding carboxylic acids is 1. The molecule has 1 aromatic rings. The summed E-state index contributed by atoms with van der Waals surface area (Å²) in [5.41, 5.74) is 2.60. The Labute approximate surface area is 99.9 Å². The average Bonchev–Trinajstić information content (AvgIpc) is 3.20. The molecule has 0 bridgehead atoms. The van der Waals surface area contributed by atoms with Crippen LogP contribution in [0.1, 0.15) is 17.3 Å². The van der Waals surface area contributed by atoms with Crippen molar-refractivity contribution >= 4 is 12.1 Å². The van der Waals surface area contributed by atoms with Gasteiger partial charge in [0, 0.05) is 12.5 Å². The van der Waals surface area contributed by atoms with E-state index in [1.807, 2.05) is 0 Å². The number of hydrazine groups is 1. The molecule has 1 heterocycles. The number of benzene rings is 1. The van der Waals surface area contributed by atoms with Gasteiger partial charge in [0.1, 0.15) is 12.4 Å². The van der Waals surface area contributed by atoms with Crippen molar-refractivity contribution in [2.45, 2.75) is 13.0 Å². The molecule has 17 heavy (non-hydrogen) atoms. The maximum Gasteiger partial charge on any atom is 0.265 e. The lowest BCUT2D eigenvalue weighted by Gasteiger charge is -2.07. The molecule has 0 spiro atoms. The topological polar surface area (TPSA) is 67.4 Å². The first kappa shape index (κ1) is 11.6. The van der Waals surface area contributed by atoms with Crippen LogP contribution in [-0.4, -0.2) is 35.9 Å². The summed E-state index contributed by atoms with van der Waals surface area (Å²) in [6, 6.07) is 7.30. The van der Waals surface area contributed by atoms with E-state index >= 15 is 0 Å². The zero-order chi connectivity index (χ0) is 12.3. The third-order valence-corrected chi connectivity index (χ3v) is 2.70.